The Bertz CT molecular complexity index is 831. The van der Waals surface area contributed by atoms with Crippen LogP contribution in [0.2, 0.25) is 10.0 Å². The second-order valence-corrected chi connectivity index (χ2v) is 5.94. The Labute approximate surface area is 166 Å². The third-order valence-corrected chi connectivity index (χ3v) is 3.80. The summed E-state index contributed by atoms with van der Waals surface area (Å²) in [6, 6.07) is 9.68. The van der Waals surface area contributed by atoms with Gasteiger partial charge in [0.05, 0.1) is 30.0 Å². The van der Waals surface area contributed by atoms with Gasteiger partial charge in [0, 0.05) is 5.69 Å². The number of ether oxygens (including phenoxy) is 2. The zero-order chi connectivity index (χ0) is 19.8. The van der Waals surface area contributed by atoms with E-state index in [0.717, 1.165) is 0 Å². The molecule has 0 saturated carbocycles. The second kappa shape index (κ2) is 9.80. The number of anilines is 1. The molecule has 2 amide bonds. The number of carbonyl (C=O) groups is 2. The quantitative estimate of drug-likeness (QED) is 0.434. The average Bonchev–Trinajstić information content (AvgIpc) is 2.65. The molecule has 0 unspecified atom stereocenters. The average molecular weight is 410 g/mol. The molecule has 0 heterocycles. The normalized spacial score (nSPS) is 10.5. The first-order valence-electron chi connectivity index (χ1n) is 7.85. The summed E-state index contributed by atoms with van der Waals surface area (Å²) in [4.78, 5) is 23.6. The Hall–Kier alpha value is -2.77. The molecule has 0 atom stereocenters. The first-order chi connectivity index (χ1) is 12.9. The number of hydrogen-bond donors (Lipinski definition) is 2. The summed E-state index contributed by atoms with van der Waals surface area (Å²) in [5, 5.41) is 6.80. The summed E-state index contributed by atoms with van der Waals surface area (Å²) in [7, 11) is 1.53. The van der Waals surface area contributed by atoms with Crippen LogP contribution in [0.25, 0.3) is 0 Å². The van der Waals surface area contributed by atoms with Gasteiger partial charge in [0.25, 0.3) is 0 Å². The van der Waals surface area contributed by atoms with Crippen LogP contribution in [0.1, 0.15) is 12.5 Å². The summed E-state index contributed by atoms with van der Waals surface area (Å²) in [6.07, 6.45) is 1.31. The van der Waals surface area contributed by atoms with Crippen molar-refractivity contribution in [2.75, 3.05) is 19.0 Å². The zero-order valence-corrected chi connectivity index (χ0v) is 16.1. The van der Waals surface area contributed by atoms with Crippen LogP contribution in [0.4, 0.5) is 5.69 Å². The van der Waals surface area contributed by atoms with Crippen LogP contribution in [-0.2, 0) is 9.59 Å². The summed E-state index contributed by atoms with van der Waals surface area (Å²) < 4.78 is 10.3. The third-order valence-electron chi connectivity index (χ3n) is 3.24. The van der Waals surface area contributed by atoms with Crippen molar-refractivity contribution >= 4 is 46.9 Å². The van der Waals surface area contributed by atoms with Crippen LogP contribution in [0, 0.1) is 0 Å². The topological polar surface area (TPSA) is 89.0 Å². The monoisotopic (exact) mass is 409 g/mol. The molecular formula is C18H17Cl2N3O4. The molecular weight excluding hydrogens is 393 g/mol. The predicted molar refractivity (Wildman–Crippen MR) is 105 cm³/mol. The number of amides is 2. The number of benzene rings is 2. The number of hydrazone groups is 1. The lowest BCUT2D eigenvalue weighted by Gasteiger charge is -2.08. The van der Waals surface area contributed by atoms with Crippen LogP contribution in [0.15, 0.2) is 41.5 Å². The standard InChI is InChI=1S/C18H17Cl2N3O4/c1-3-27-16-14(19)8-11(9-15(16)20)10-21-23-18(25)17(24)22-12-4-6-13(26-2)7-5-12/h4-10H,3H2,1-2H3,(H,22,24)(H,23,25)/b21-10-. The van der Waals surface area contributed by atoms with Gasteiger partial charge in [-0.3, -0.25) is 9.59 Å². The van der Waals surface area contributed by atoms with E-state index >= 15 is 0 Å². The summed E-state index contributed by atoms with van der Waals surface area (Å²) in [5.41, 5.74) is 3.11. The van der Waals surface area contributed by atoms with Crippen molar-refractivity contribution in [3.05, 3.63) is 52.0 Å². The molecule has 9 heteroatoms. The molecule has 0 aliphatic heterocycles. The minimum Gasteiger partial charge on any atom is -0.497 e. The van der Waals surface area contributed by atoms with Crippen LogP contribution >= 0.6 is 23.2 Å². The van der Waals surface area contributed by atoms with Crippen molar-refractivity contribution in [1.82, 2.24) is 5.43 Å². The van der Waals surface area contributed by atoms with Gasteiger partial charge in [-0.2, -0.15) is 5.10 Å². The molecule has 2 aromatic carbocycles. The van der Waals surface area contributed by atoms with Crippen LogP contribution < -0.4 is 20.2 Å². The highest BCUT2D eigenvalue weighted by Gasteiger charge is 2.13. The van der Waals surface area contributed by atoms with Crippen molar-refractivity contribution in [3.63, 3.8) is 0 Å². The van der Waals surface area contributed by atoms with E-state index in [4.69, 9.17) is 32.7 Å². The Morgan fingerprint density at radius 1 is 1.11 bits per heavy atom. The first kappa shape index (κ1) is 20.5. The van der Waals surface area contributed by atoms with Gasteiger partial charge in [0.1, 0.15) is 5.75 Å². The number of halogens is 2. The molecule has 7 nitrogen and oxygen atoms in total. The summed E-state index contributed by atoms with van der Waals surface area (Å²) in [6.45, 7) is 2.24. The second-order valence-electron chi connectivity index (χ2n) is 5.13. The maximum absolute atomic E-state index is 11.8. The van der Waals surface area contributed by atoms with Gasteiger partial charge in [-0.25, -0.2) is 5.43 Å². The molecule has 27 heavy (non-hydrogen) atoms. The third kappa shape index (κ3) is 5.87. The number of rotatable bonds is 6. The van der Waals surface area contributed by atoms with Gasteiger partial charge >= 0.3 is 11.8 Å². The highest BCUT2D eigenvalue weighted by Crippen LogP contribution is 2.33. The van der Waals surface area contributed by atoms with Gasteiger partial charge in [0.2, 0.25) is 0 Å². The van der Waals surface area contributed by atoms with Crippen molar-refractivity contribution in [1.29, 1.82) is 0 Å². The van der Waals surface area contributed by atoms with E-state index in [-0.39, 0.29) is 0 Å². The molecule has 2 aromatic rings. The van der Waals surface area contributed by atoms with Crippen LogP contribution in [-0.4, -0.2) is 31.7 Å². The molecule has 0 aromatic heterocycles. The van der Waals surface area contributed by atoms with E-state index in [1.54, 1.807) is 36.4 Å². The molecule has 0 spiro atoms. The fraction of sp³-hybridized carbons (Fsp3) is 0.167. The highest BCUT2D eigenvalue weighted by molar-refractivity contribution is 6.39. The number of nitrogens with zero attached hydrogens (tertiary/aromatic N) is 1. The number of hydrogen-bond acceptors (Lipinski definition) is 5. The largest absolute Gasteiger partial charge is 0.497 e. The molecule has 2 N–H and O–H groups in total. The van der Waals surface area contributed by atoms with Crippen molar-refractivity contribution < 1.29 is 19.1 Å². The molecule has 0 saturated heterocycles. The smallest absolute Gasteiger partial charge is 0.329 e. The van der Waals surface area contributed by atoms with Crippen molar-refractivity contribution in [2.45, 2.75) is 6.92 Å². The Morgan fingerprint density at radius 3 is 2.30 bits per heavy atom. The van der Waals surface area contributed by atoms with Crippen LogP contribution in [0.5, 0.6) is 11.5 Å². The predicted octanol–water partition coefficient (Wildman–Crippen LogP) is 3.49. The van der Waals surface area contributed by atoms with E-state index < -0.39 is 11.8 Å². The maximum Gasteiger partial charge on any atom is 0.329 e. The Morgan fingerprint density at radius 2 is 1.74 bits per heavy atom. The highest BCUT2D eigenvalue weighted by atomic mass is 35.5. The summed E-state index contributed by atoms with van der Waals surface area (Å²) in [5.74, 6) is -0.777. The fourth-order valence-corrected chi connectivity index (χ4v) is 2.63. The number of nitrogens with one attached hydrogen (secondary N) is 2. The SMILES string of the molecule is CCOc1c(Cl)cc(/C=N\NC(=O)C(=O)Nc2ccc(OC)cc2)cc1Cl. The van der Waals surface area contributed by atoms with E-state index in [2.05, 4.69) is 15.8 Å². The van der Waals surface area contributed by atoms with Gasteiger partial charge in [0.15, 0.2) is 5.75 Å². The van der Waals surface area contributed by atoms with E-state index in [0.29, 0.717) is 39.4 Å². The van der Waals surface area contributed by atoms with Crippen LogP contribution in [0.3, 0.4) is 0 Å². The Kier molecular flexibility index (Phi) is 7.45. The fourth-order valence-electron chi connectivity index (χ4n) is 2.01. The van der Waals surface area contributed by atoms with E-state index in [1.807, 2.05) is 6.92 Å². The minimum atomic E-state index is -0.926. The van der Waals surface area contributed by atoms with Gasteiger partial charge in [-0.15, -0.1) is 0 Å². The van der Waals surface area contributed by atoms with Gasteiger partial charge < -0.3 is 14.8 Å². The number of carbonyl (C=O) groups excluding carboxylic acids is 2. The van der Waals surface area contributed by atoms with E-state index in [1.165, 1.54) is 13.3 Å². The van der Waals surface area contributed by atoms with Crippen molar-refractivity contribution in [3.8, 4) is 11.5 Å². The molecule has 0 bridgehead atoms. The summed E-state index contributed by atoms with van der Waals surface area (Å²) >= 11 is 12.2. The lowest BCUT2D eigenvalue weighted by Crippen LogP contribution is -2.32. The van der Waals surface area contributed by atoms with Gasteiger partial charge in [-0.1, -0.05) is 23.2 Å². The number of methoxy groups -OCH3 is 1. The van der Waals surface area contributed by atoms with Crippen molar-refractivity contribution in [2.24, 2.45) is 5.10 Å². The molecule has 0 aliphatic rings. The Balaban J connectivity index is 1.94. The molecule has 0 radical (unpaired) electrons. The maximum atomic E-state index is 11.8. The first-order valence-corrected chi connectivity index (χ1v) is 8.60. The molecule has 0 aliphatic carbocycles. The van der Waals surface area contributed by atoms with Gasteiger partial charge in [-0.05, 0) is 48.9 Å². The molecule has 142 valence electrons. The van der Waals surface area contributed by atoms with E-state index in [9.17, 15) is 9.59 Å². The lowest BCUT2D eigenvalue weighted by atomic mass is 10.2. The lowest BCUT2D eigenvalue weighted by molar-refractivity contribution is -0.136. The molecule has 2 rings (SSSR count). The molecule has 0 fully saturated rings. The zero-order valence-electron chi connectivity index (χ0n) is 14.6. The minimum absolute atomic E-state index is 0.314.